The van der Waals surface area contributed by atoms with Gasteiger partial charge in [0.2, 0.25) is 17.7 Å². The average Bonchev–Trinajstić information content (AvgIpc) is 3.58. The Kier molecular flexibility index (Phi) is 9.70. The van der Waals surface area contributed by atoms with Crippen LogP contribution in [-0.4, -0.2) is 125 Å². The second kappa shape index (κ2) is 13.3. The zero-order valence-electron chi connectivity index (χ0n) is 25.4. The molecule has 0 radical (unpaired) electrons. The minimum absolute atomic E-state index is 0.110. The molecule has 4 saturated heterocycles. The van der Waals surface area contributed by atoms with Gasteiger partial charge in [0, 0.05) is 59.0 Å². The highest BCUT2D eigenvalue weighted by atomic mass is 16.5. The van der Waals surface area contributed by atoms with E-state index in [1.54, 1.807) is 26.9 Å². The molecule has 4 heterocycles. The summed E-state index contributed by atoms with van der Waals surface area (Å²) in [7, 11) is 0. The standard InChI is InChI=1S/C33H46N4O6/c1-4-14-35(18-17-34-19-22-42-23-20-34)31(41)28-33-13-12-32(3,43-33)26(27(33)30(40)37(28)16-9-21-38)29(39)36(15-5-2)24-25-10-7-6-8-11-25/h4-8,10-11,26-28,38H,1-2,9,12-24H2,3H3/t26-,27-,28?,32+,33?/m0/s1. The quantitative estimate of drug-likeness (QED) is 0.327. The fourth-order valence-electron chi connectivity index (χ4n) is 7.66. The van der Waals surface area contributed by atoms with E-state index < -0.39 is 29.1 Å². The smallest absolute Gasteiger partial charge is 0.248 e. The first kappa shape index (κ1) is 31.4. The van der Waals surface area contributed by atoms with Crippen LogP contribution in [0.1, 0.15) is 31.7 Å². The van der Waals surface area contributed by atoms with Crippen molar-refractivity contribution in [2.24, 2.45) is 11.8 Å². The lowest BCUT2D eigenvalue weighted by Gasteiger charge is -2.37. The Morgan fingerprint density at radius 1 is 1.05 bits per heavy atom. The maximum Gasteiger partial charge on any atom is 0.248 e. The fourth-order valence-corrected chi connectivity index (χ4v) is 7.66. The number of ether oxygens (including phenoxy) is 2. The first-order valence-corrected chi connectivity index (χ1v) is 15.5. The molecule has 43 heavy (non-hydrogen) atoms. The number of rotatable bonds is 14. The molecule has 2 unspecified atom stereocenters. The van der Waals surface area contributed by atoms with Gasteiger partial charge in [-0.15, -0.1) is 13.2 Å². The molecule has 10 nitrogen and oxygen atoms in total. The van der Waals surface area contributed by atoms with Gasteiger partial charge in [-0.2, -0.15) is 0 Å². The van der Waals surface area contributed by atoms with Crippen molar-refractivity contribution in [3.05, 3.63) is 61.2 Å². The first-order chi connectivity index (χ1) is 20.8. The summed E-state index contributed by atoms with van der Waals surface area (Å²) in [6.45, 7) is 15.0. The summed E-state index contributed by atoms with van der Waals surface area (Å²) in [6, 6.07) is 8.88. The molecule has 0 aromatic heterocycles. The Morgan fingerprint density at radius 2 is 1.74 bits per heavy atom. The lowest BCUT2D eigenvalue weighted by atomic mass is 9.66. The van der Waals surface area contributed by atoms with Crippen LogP contribution in [0.25, 0.3) is 0 Å². The van der Waals surface area contributed by atoms with Crippen LogP contribution in [0.4, 0.5) is 0 Å². The van der Waals surface area contributed by atoms with Crippen LogP contribution < -0.4 is 0 Å². The van der Waals surface area contributed by atoms with Gasteiger partial charge in [-0.3, -0.25) is 19.3 Å². The number of hydrogen-bond donors (Lipinski definition) is 1. The molecule has 1 aromatic carbocycles. The summed E-state index contributed by atoms with van der Waals surface area (Å²) >= 11 is 0. The number of nitrogens with zero attached hydrogens (tertiary/aromatic N) is 4. The lowest BCUT2D eigenvalue weighted by Crippen LogP contribution is -2.57. The van der Waals surface area contributed by atoms with Gasteiger partial charge >= 0.3 is 0 Å². The molecule has 2 bridgehead atoms. The van der Waals surface area contributed by atoms with Crippen LogP contribution in [0.3, 0.4) is 0 Å². The summed E-state index contributed by atoms with van der Waals surface area (Å²) in [4.78, 5) is 50.6. The predicted molar refractivity (Wildman–Crippen MR) is 162 cm³/mol. The van der Waals surface area contributed by atoms with Crippen molar-refractivity contribution in [3.63, 3.8) is 0 Å². The van der Waals surface area contributed by atoms with Crippen molar-refractivity contribution in [1.82, 2.24) is 19.6 Å². The number of carbonyl (C=O) groups excluding carboxylic acids is 3. The van der Waals surface area contributed by atoms with Gasteiger partial charge in [0.1, 0.15) is 11.6 Å². The van der Waals surface area contributed by atoms with Gasteiger partial charge < -0.3 is 29.3 Å². The van der Waals surface area contributed by atoms with Crippen molar-refractivity contribution >= 4 is 17.7 Å². The monoisotopic (exact) mass is 594 g/mol. The van der Waals surface area contributed by atoms with Gasteiger partial charge in [-0.25, -0.2) is 0 Å². The van der Waals surface area contributed by atoms with Gasteiger partial charge in [-0.1, -0.05) is 42.5 Å². The molecule has 4 fully saturated rings. The zero-order chi connectivity index (χ0) is 30.6. The summed E-state index contributed by atoms with van der Waals surface area (Å²) in [5.74, 6) is -2.09. The van der Waals surface area contributed by atoms with E-state index >= 15 is 0 Å². The minimum atomic E-state index is -1.11. The molecule has 5 atom stereocenters. The Hall–Kier alpha value is -3.05. The highest BCUT2D eigenvalue weighted by molar-refractivity contribution is 5.99. The van der Waals surface area contributed by atoms with E-state index in [0.717, 1.165) is 18.7 Å². The summed E-state index contributed by atoms with van der Waals surface area (Å²) < 4.78 is 12.3. The van der Waals surface area contributed by atoms with E-state index in [4.69, 9.17) is 9.47 Å². The Morgan fingerprint density at radius 3 is 2.42 bits per heavy atom. The maximum atomic E-state index is 14.5. The van der Waals surface area contributed by atoms with Gasteiger partial charge in [0.25, 0.3) is 0 Å². The number of carbonyl (C=O) groups is 3. The number of aliphatic hydroxyl groups excluding tert-OH is 1. The molecule has 3 amide bonds. The molecule has 5 rings (SSSR count). The molecule has 0 saturated carbocycles. The number of hydrogen-bond acceptors (Lipinski definition) is 7. The van der Waals surface area contributed by atoms with E-state index in [-0.39, 0.29) is 30.9 Å². The minimum Gasteiger partial charge on any atom is -0.396 e. The molecule has 10 heteroatoms. The summed E-state index contributed by atoms with van der Waals surface area (Å²) in [5.41, 5.74) is -0.993. The number of amides is 3. The second-order valence-electron chi connectivity index (χ2n) is 12.4. The van der Waals surface area contributed by atoms with Gasteiger partial charge in [0.05, 0.1) is 30.7 Å². The van der Waals surface area contributed by atoms with Crippen molar-refractivity contribution in [2.45, 2.75) is 50.0 Å². The predicted octanol–water partition coefficient (Wildman–Crippen LogP) is 1.70. The largest absolute Gasteiger partial charge is 0.396 e. The number of fused-ring (bicyclic) bond motifs is 1. The third-order valence-corrected chi connectivity index (χ3v) is 9.66. The molecule has 1 N–H and O–H groups in total. The Balaban J connectivity index is 1.46. The normalized spacial score (nSPS) is 29.9. The lowest BCUT2D eigenvalue weighted by molar-refractivity contribution is -0.153. The van der Waals surface area contributed by atoms with E-state index in [9.17, 15) is 19.5 Å². The SMILES string of the molecule is C=CCN(CCN1CCOCC1)C(=O)C1N(CCCO)C(=O)[C@@H]2[C@@H](C(=O)N(CC=C)Cc3ccccc3)[C@@]3(C)CCC12O3. The third-order valence-electron chi connectivity index (χ3n) is 9.66. The topological polar surface area (TPSA) is 103 Å². The highest BCUT2D eigenvalue weighted by Crippen LogP contribution is 2.63. The van der Waals surface area contributed by atoms with Gasteiger partial charge in [-0.05, 0) is 31.7 Å². The Bertz CT molecular complexity index is 1190. The number of aliphatic hydroxyl groups is 1. The first-order valence-electron chi connectivity index (χ1n) is 15.5. The van der Waals surface area contributed by atoms with Crippen LogP contribution >= 0.6 is 0 Å². The molecular weight excluding hydrogens is 548 g/mol. The van der Waals surface area contributed by atoms with Crippen LogP contribution in [-0.2, 0) is 30.4 Å². The van der Waals surface area contributed by atoms with Crippen LogP contribution in [0.2, 0.25) is 0 Å². The van der Waals surface area contributed by atoms with Crippen molar-refractivity contribution in [2.75, 3.05) is 65.6 Å². The summed E-state index contributed by atoms with van der Waals surface area (Å²) in [5, 5.41) is 9.68. The Labute approximate surface area is 254 Å². The molecule has 4 aliphatic rings. The zero-order valence-corrected chi connectivity index (χ0v) is 25.4. The number of morpholine rings is 1. The van der Waals surface area contributed by atoms with E-state index in [1.807, 2.05) is 37.3 Å². The fraction of sp³-hybridized carbons (Fsp3) is 0.606. The molecule has 0 aliphatic carbocycles. The van der Waals surface area contributed by atoms with Crippen LogP contribution in [0.5, 0.6) is 0 Å². The second-order valence-corrected chi connectivity index (χ2v) is 12.4. The van der Waals surface area contributed by atoms with Crippen LogP contribution in [0, 0.1) is 11.8 Å². The molecule has 234 valence electrons. The van der Waals surface area contributed by atoms with E-state index in [2.05, 4.69) is 18.1 Å². The van der Waals surface area contributed by atoms with Crippen LogP contribution in [0.15, 0.2) is 55.6 Å². The van der Waals surface area contributed by atoms with Crippen molar-refractivity contribution in [3.8, 4) is 0 Å². The third kappa shape index (κ3) is 5.90. The number of likely N-dealkylation sites (tertiary alicyclic amines) is 1. The average molecular weight is 595 g/mol. The maximum absolute atomic E-state index is 14.5. The molecule has 1 spiro atoms. The molecular formula is C33H46N4O6. The van der Waals surface area contributed by atoms with Crippen molar-refractivity contribution < 1.29 is 29.0 Å². The van der Waals surface area contributed by atoms with Crippen molar-refractivity contribution in [1.29, 1.82) is 0 Å². The molecule has 4 aliphatic heterocycles. The van der Waals surface area contributed by atoms with Gasteiger partial charge in [0.15, 0.2) is 0 Å². The highest BCUT2D eigenvalue weighted by Gasteiger charge is 2.78. The van der Waals surface area contributed by atoms with E-state index in [1.165, 1.54) is 0 Å². The van der Waals surface area contributed by atoms with E-state index in [0.29, 0.717) is 65.2 Å². The molecule has 1 aromatic rings. The summed E-state index contributed by atoms with van der Waals surface area (Å²) in [6.07, 6.45) is 4.83. The number of benzene rings is 1.